The van der Waals surface area contributed by atoms with Crippen LogP contribution in [-0.4, -0.2) is 12.1 Å². The highest BCUT2D eigenvalue weighted by molar-refractivity contribution is 5.89. The van der Waals surface area contributed by atoms with Crippen LogP contribution < -0.4 is 5.32 Å². The van der Waals surface area contributed by atoms with Gasteiger partial charge in [-0.1, -0.05) is 0 Å². The van der Waals surface area contributed by atoms with E-state index < -0.39 is 0 Å². The minimum Gasteiger partial charge on any atom is -0.459 e. The summed E-state index contributed by atoms with van der Waals surface area (Å²) >= 11 is 0. The van der Waals surface area contributed by atoms with E-state index in [-0.39, 0.29) is 17.6 Å². The molecule has 0 aromatic heterocycles. The predicted molar refractivity (Wildman–Crippen MR) is 69.9 cm³/mol. The molecule has 0 aliphatic heterocycles. The van der Waals surface area contributed by atoms with Gasteiger partial charge in [-0.05, 0) is 38.1 Å². The lowest BCUT2D eigenvalue weighted by Crippen LogP contribution is -2.11. The Labute approximate surface area is 111 Å². The molecule has 1 aromatic rings. The van der Waals surface area contributed by atoms with Crippen molar-refractivity contribution in [3.63, 3.8) is 0 Å². The van der Waals surface area contributed by atoms with Crippen LogP contribution >= 0.6 is 0 Å². The van der Waals surface area contributed by atoms with E-state index in [2.05, 4.69) is 5.32 Å². The number of benzene rings is 1. The number of hydrogen-bond donors (Lipinski definition) is 1. The lowest BCUT2D eigenvalue weighted by Gasteiger charge is -2.08. The zero-order valence-electron chi connectivity index (χ0n) is 10.7. The molecule has 0 saturated carbocycles. The number of nitriles is 2. The molecular weight excluding hydrogens is 242 g/mol. The average molecular weight is 255 g/mol. The van der Waals surface area contributed by atoms with Gasteiger partial charge in [-0.2, -0.15) is 10.5 Å². The molecule has 0 atom stereocenters. The van der Waals surface area contributed by atoms with Gasteiger partial charge >= 0.3 is 5.97 Å². The number of anilines is 1. The van der Waals surface area contributed by atoms with E-state index in [1.54, 1.807) is 50.3 Å². The molecule has 5 nitrogen and oxygen atoms in total. The Hall–Kier alpha value is -2.79. The monoisotopic (exact) mass is 255 g/mol. The molecule has 0 fully saturated rings. The molecule has 0 aliphatic rings. The molecule has 1 N–H and O–H groups in total. The van der Waals surface area contributed by atoms with Crippen LogP contribution in [0.2, 0.25) is 0 Å². The minimum absolute atomic E-state index is 0.0247. The Morgan fingerprint density at radius 2 is 1.84 bits per heavy atom. The fourth-order valence-electron chi connectivity index (χ4n) is 1.23. The van der Waals surface area contributed by atoms with Crippen molar-refractivity contribution in [3.8, 4) is 12.1 Å². The average Bonchev–Trinajstić information content (AvgIpc) is 2.39. The van der Waals surface area contributed by atoms with E-state index in [1.165, 1.54) is 6.20 Å². The van der Waals surface area contributed by atoms with Crippen molar-refractivity contribution in [2.24, 2.45) is 0 Å². The second-order valence-corrected chi connectivity index (χ2v) is 3.96. The Morgan fingerprint density at radius 1 is 1.26 bits per heavy atom. The first-order valence-electron chi connectivity index (χ1n) is 5.64. The van der Waals surface area contributed by atoms with Crippen LogP contribution in [0.1, 0.15) is 24.2 Å². The summed E-state index contributed by atoms with van der Waals surface area (Å²) in [4.78, 5) is 11.6. The zero-order chi connectivity index (χ0) is 14.3. The summed E-state index contributed by atoms with van der Waals surface area (Å²) in [7, 11) is 0. The number of esters is 1. The van der Waals surface area contributed by atoms with Crippen molar-refractivity contribution >= 4 is 11.7 Å². The van der Waals surface area contributed by atoms with E-state index in [1.807, 2.05) is 0 Å². The van der Waals surface area contributed by atoms with Crippen LogP contribution in [0.25, 0.3) is 0 Å². The molecule has 0 bridgehead atoms. The van der Waals surface area contributed by atoms with E-state index >= 15 is 0 Å². The van der Waals surface area contributed by atoms with Gasteiger partial charge in [-0.3, -0.25) is 0 Å². The van der Waals surface area contributed by atoms with Gasteiger partial charge in [0.2, 0.25) is 0 Å². The summed E-state index contributed by atoms with van der Waals surface area (Å²) in [5.41, 5.74) is 1.09. The SMILES string of the molecule is CC(C)OC(=O)c1ccc(NC=C(C#N)C#N)cc1. The third kappa shape index (κ3) is 4.53. The molecule has 19 heavy (non-hydrogen) atoms. The molecule has 0 saturated heterocycles. The lowest BCUT2D eigenvalue weighted by atomic mass is 10.2. The van der Waals surface area contributed by atoms with E-state index in [0.717, 1.165) is 0 Å². The first kappa shape index (κ1) is 14.3. The van der Waals surface area contributed by atoms with E-state index in [9.17, 15) is 4.79 Å². The quantitative estimate of drug-likeness (QED) is 0.660. The van der Waals surface area contributed by atoms with Crippen molar-refractivity contribution in [1.29, 1.82) is 10.5 Å². The molecule has 0 heterocycles. The highest BCUT2D eigenvalue weighted by atomic mass is 16.5. The molecule has 0 amide bonds. The fraction of sp³-hybridized carbons (Fsp3) is 0.214. The number of rotatable bonds is 4. The summed E-state index contributed by atoms with van der Waals surface area (Å²) in [5.74, 6) is -0.383. The van der Waals surface area contributed by atoms with Crippen molar-refractivity contribution in [1.82, 2.24) is 0 Å². The van der Waals surface area contributed by atoms with Crippen LogP contribution in [0.4, 0.5) is 5.69 Å². The standard InChI is InChI=1S/C14H13N3O2/c1-10(2)19-14(18)12-3-5-13(6-4-12)17-9-11(7-15)8-16/h3-6,9-10,17H,1-2H3. The molecule has 5 heteroatoms. The molecule has 1 rings (SSSR count). The first-order chi connectivity index (χ1) is 9.06. The first-order valence-corrected chi connectivity index (χ1v) is 5.64. The number of ether oxygens (including phenoxy) is 1. The largest absolute Gasteiger partial charge is 0.459 e. The third-order valence-electron chi connectivity index (χ3n) is 2.09. The third-order valence-corrected chi connectivity index (χ3v) is 2.09. The van der Waals surface area contributed by atoms with Gasteiger partial charge in [0.25, 0.3) is 0 Å². The Balaban J connectivity index is 2.73. The number of allylic oxidation sites excluding steroid dienone is 1. The van der Waals surface area contributed by atoms with Gasteiger partial charge in [-0.15, -0.1) is 0 Å². The maximum atomic E-state index is 11.6. The highest BCUT2D eigenvalue weighted by Crippen LogP contribution is 2.11. The molecule has 0 radical (unpaired) electrons. The molecule has 0 spiro atoms. The molecule has 0 aliphatic carbocycles. The number of nitrogens with one attached hydrogen (secondary N) is 1. The van der Waals surface area contributed by atoms with Gasteiger partial charge in [0, 0.05) is 11.9 Å². The zero-order valence-corrected chi connectivity index (χ0v) is 10.7. The lowest BCUT2D eigenvalue weighted by molar-refractivity contribution is 0.0378. The second kappa shape index (κ2) is 6.83. The van der Waals surface area contributed by atoms with Crippen LogP contribution in [0, 0.1) is 22.7 Å². The van der Waals surface area contributed by atoms with Gasteiger partial charge < -0.3 is 10.1 Å². The van der Waals surface area contributed by atoms with Gasteiger partial charge in [0.15, 0.2) is 0 Å². The van der Waals surface area contributed by atoms with E-state index in [4.69, 9.17) is 15.3 Å². The van der Waals surface area contributed by atoms with Crippen LogP contribution in [-0.2, 0) is 4.74 Å². The van der Waals surface area contributed by atoms with E-state index in [0.29, 0.717) is 11.3 Å². The Bertz CT molecular complexity index is 544. The van der Waals surface area contributed by atoms with Crippen LogP contribution in [0.15, 0.2) is 36.0 Å². The minimum atomic E-state index is -0.383. The number of carbonyl (C=O) groups is 1. The summed E-state index contributed by atoms with van der Waals surface area (Å²) in [5, 5.41) is 19.9. The maximum absolute atomic E-state index is 11.6. The number of carbonyl (C=O) groups excluding carboxylic acids is 1. The van der Waals surface area contributed by atoms with Gasteiger partial charge in [0.1, 0.15) is 17.7 Å². The smallest absolute Gasteiger partial charge is 0.338 e. The second-order valence-electron chi connectivity index (χ2n) is 3.96. The van der Waals surface area contributed by atoms with Crippen molar-refractivity contribution in [3.05, 3.63) is 41.6 Å². The van der Waals surface area contributed by atoms with Crippen LogP contribution in [0.5, 0.6) is 0 Å². The summed E-state index contributed by atoms with van der Waals surface area (Å²) in [6.07, 6.45) is 1.14. The van der Waals surface area contributed by atoms with Crippen LogP contribution in [0.3, 0.4) is 0 Å². The van der Waals surface area contributed by atoms with Gasteiger partial charge in [0.05, 0.1) is 11.7 Å². The maximum Gasteiger partial charge on any atom is 0.338 e. The predicted octanol–water partition coefficient (Wildman–Crippen LogP) is 2.59. The molecule has 0 unspecified atom stereocenters. The highest BCUT2D eigenvalue weighted by Gasteiger charge is 2.08. The van der Waals surface area contributed by atoms with Gasteiger partial charge in [-0.25, -0.2) is 4.79 Å². The fourth-order valence-corrected chi connectivity index (χ4v) is 1.23. The number of nitrogens with zero attached hydrogens (tertiary/aromatic N) is 2. The Morgan fingerprint density at radius 3 is 2.32 bits per heavy atom. The molecular formula is C14H13N3O2. The molecule has 1 aromatic carbocycles. The summed E-state index contributed by atoms with van der Waals surface area (Å²) in [6, 6.07) is 10.0. The normalized spacial score (nSPS) is 9.11. The molecule has 96 valence electrons. The van der Waals surface area contributed by atoms with Crippen molar-refractivity contribution in [2.75, 3.05) is 5.32 Å². The summed E-state index contributed by atoms with van der Waals surface area (Å²) in [6.45, 7) is 3.56. The summed E-state index contributed by atoms with van der Waals surface area (Å²) < 4.78 is 5.05. The number of hydrogen-bond acceptors (Lipinski definition) is 5. The Kier molecular flexibility index (Phi) is 5.13. The van der Waals surface area contributed by atoms with Crippen molar-refractivity contribution in [2.45, 2.75) is 20.0 Å². The van der Waals surface area contributed by atoms with Crippen molar-refractivity contribution < 1.29 is 9.53 Å². The topological polar surface area (TPSA) is 85.9 Å².